The number of amides is 1. The second-order valence-corrected chi connectivity index (χ2v) is 6.00. The number of fused-ring (bicyclic) bond motifs is 1. The van der Waals surface area contributed by atoms with Gasteiger partial charge in [0, 0.05) is 17.9 Å². The van der Waals surface area contributed by atoms with Crippen LogP contribution in [0.4, 0.5) is 5.69 Å². The predicted molar refractivity (Wildman–Crippen MR) is 79.6 cm³/mol. The Labute approximate surface area is 131 Å². The van der Waals surface area contributed by atoms with Crippen LogP contribution < -0.4 is 4.90 Å². The molecule has 0 spiro atoms. The van der Waals surface area contributed by atoms with Crippen molar-refractivity contribution in [1.29, 1.82) is 0 Å². The Hall–Kier alpha value is -2.02. The number of nitrogens with zero attached hydrogens (tertiary/aromatic N) is 1. The second-order valence-electron chi connectivity index (χ2n) is 4.99. The Morgan fingerprint density at radius 2 is 2.18 bits per heavy atom. The van der Waals surface area contributed by atoms with E-state index in [2.05, 4.69) is 0 Å². The minimum absolute atomic E-state index is 0.0308. The number of esters is 2. The Morgan fingerprint density at radius 1 is 1.36 bits per heavy atom. The van der Waals surface area contributed by atoms with Gasteiger partial charge in [-0.3, -0.25) is 9.59 Å². The largest absolute Gasteiger partial charge is 0.463 e. The van der Waals surface area contributed by atoms with Gasteiger partial charge in [0.05, 0.1) is 24.5 Å². The number of cyclic esters (lactones) is 1. The molecule has 0 unspecified atom stereocenters. The number of benzene rings is 1. The van der Waals surface area contributed by atoms with Gasteiger partial charge in [-0.1, -0.05) is 12.1 Å². The predicted octanol–water partition coefficient (Wildman–Crippen LogP) is 1.37. The summed E-state index contributed by atoms with van der Waals surface area (Å²) in [6.07, 6.45) is -0.353. The third kappa shape index (κ3) is 3.09. The quantitative estimate of drug-likeness (QED) is 0.780. The number of hydrogen-bond donors (Lipinski definition) is 0. The first-order valence-corrected chi connectivity index (χ1v) is 8.02. The first-order valence-electron chi connectivity index (χ1n) is 7.03. The lowest BCUT2D eigenvalue weighted by molar-refractivity contribution is -0.160. The van der Waals surface area contributed by atoms with Crippen LogP contribution in [0.25, 0.3) is 0 Å². The molecule has 2 aliphatic rings. The lowest BCUT2D eigenvalue weighted by Gasteiger charge is -2.28. The maximum atomic E-state index is 12.0. The topological polar surface area (TPSA) is 72.9 Å². The summed E-state index contributed by atoms with van der Waals surface area (Å²) < 4.78 is 9.82. The molecule has 0 radical (unpaired) electrons. The molecule has 1 atom stereocenters. The summed E-state index contributed by atoms with van der Waals surface area (Å²) in [5.74, 6) is -0.658. The standard InChI is InChI=1S/C15H15NO5S/c17-13-9-22-12-4-2-1-3-10(12)16(13)7-5-14(18)21-11-6-8-20-15(11)19/h1-4,11H,5-9H2/t11-/m1/s1. The number of hydrogen-bond acceptors (Lipinski definition) is 6. The van der Waals surface area contributed by atoms with E-state index in [-0.39, 0.29) is 25.5 Å². The van der Waals surface area contributed by atoms with Crippen molar-refractivity contribution in [1.82, 2.24) is 0 Å². The fourth-order valence-corrected chi connectivity index (χ4v) is 3.34. The molecule has 6 nitrogen and oxygen atoms in total. The molecule has 22 heavy (non-hydrogen) atoms. The van der Waals surface area contributed by atoms with E-state index in [1.807, 2.05) is 24.3 Å². The summed E-state index contributed by atoms with van der Waals surface area (Å²) in [7, 11) is 0. The molecule has 1 amide bonds. The van der Waals surface area contributed by atoms with E-state index in [9.17, 15) is 14.4 Å². The highest BCUT2D eigenvalue weighted by molar-refractivity contribution is 8.00. The monoisotopic (exact) mass is 321 g/mol. The van der Waals surface area contributed by atoms with Crippen molar-refractivity contribution in [2.45, 2.75) is 23.8 Å². The van der Waals surface area contributed by atoms with Gasteiger partial charge < -0.3 is 14.4 Å². The fourth-order valence-electron chi connectivity index (χ4n) is 2.40. The van der Waals surface area contributed by atoms with E-state index < -0.39 is 18.0 Å². The van der Waals surface area contributed by atoms with Gasteiger partial charge in [0.15, 0.2) is 0 Å². The zero-order chi connectivity index (χ0) is 15.5. The average Bonchev–Trinajstić information content (AvgIpc) is 2.91. The summed E-state index contributed by atoms with van der Waals surface area (Å²) in [4.78, 5) is 37.8. The van der Waals surface area contributed by atoms with Crippen molar-refractivity contribution in [3.63, 3.8) is 0 Å². The molecule has 0 aliphatic carbocycles. The third-order valence-corrected chi connectivity index (χ3v) is 4.56. The van der Waals surface area contributed by atoms with Gasteiger partial charge in [-0.25, -0.2) is 4.79 Å². The van der Waals surface area contributed by atoms with Crippen molar-refractivity contribution in [2.24, 2.45) is 0 Å². The number of anilines is 1. The Kier molecular flexibility index (Phi) is 4.33. The van der Waals surface area contributed by atoms with E-state index in [0.29, 0.717) is 12.2 Å². The lowest BCUT2D eigenvalue weighted by atomic mass is 10.2. The summed E-state index contributed by atoms with van der Waals surface area (Å²) >= 11 is 1.49. The Morgan fingerprint density at radius 3 is 2.95 bits per heavy atom. The molecule has 0 aromatic heterocycles. The average molecular weight is 321 g/mol. The van der Waals surface area contributed by atoms with Gasteiger partial charge in [0.2, 0.25) is 12.0 Å². The first-order chi connectivity index (χ1) is 10.6. The molecule has 2 aliphatic heterocycles. The van der Waals surface area contributed by atoms with Crippen LogP contribution in [0, 0.1) is 0 Å². The summed E-state index contributed by atoms with van der Waals surface area (Å²) in [5.41, 5.74) is 0.817. The van der Waals surface area contributed by atoms with E-state index in [1.54, 1.807) is 4.90 Å². The van der Waals surface area contributed by atoms with Crippen LogP contribution in [-0.2, 0) is 23.9 Å². The van der Waals surface area contributed by atoms with Crippen LogP contribution in [0.1, 0.15) is 12.8 Å². The van der Waals surface area contributed by atoms with Crippen LogP contribution >= 0.6 is 11.8 Å². The zero-order valence-corrected chi connectivity index (χ0v) is 12.6. The van der Waals surface area contributed by atoms with Gasteiger partial charge in [-0.2, -0.15) is 0 Å². The number of para-hydroxylation sites is 1. The summed E-state index contributed by atoms with van der Waals surface area (Å²) in [6.45, 7) is 0.531. The molecule has 0 saturated carbocycles. The van der Waals surface area contributed by atoms with Crippen molar-refractivity contribution >= 4 is 35.3 Å². The highest BCUT2D eigenvalue weighted by Gasteiger charge is 2.31. The van der Waals surface area contributed by atoms with E-state index in [4.69, 9.17) is 9.47 Å². The van der Waals surface area contributed by atoms with Gasteiger partial charge in [0.25, 0.3) is 0 Å². The zero-order valence-electron chi connectivity index (χ0n) is 11.8. The van der Waals surface area contributed by atoms with Crippen molar-refractivity contribution in [3.8, 4) is 0 Å². The molecule has 1 aromatic carbocycles. The highest BCUT2D eigenvalue weighted by Crippen LogP contribution is 2.34. The molecule has 0 N–H and O–H groups in total. The summed E-state index contributed by atoms with van der Waals surface area (Å²) in [6, 6.07) is 7.59. The first kappa shape index (κ1) is 14.9. The van der Waals surface area contributed by atoms with E-state index in [1.165, 1.54) is 11.8 Å². The third-order valence-electron chi connectivity index (χ3n) is 3.51. The second kappa shape index (κ2) is 6.39. The fraction of sp³-hybridized carbons (Fsp3) is 0.400. The van der Waals surface area contributed by atoms with E-state index >= 15 is 0 Å². The van der Waals surface area contributed by atoms with Crippen LogP contribution in [0.3, 0.4) is 0 Å². The molecule has 116 valence electrons. The minimum atomic E-state index is -0.799. The number of ether oxygens (including phenoxy) is 2. The molecule has 3 rings (SSSR count). The molecule has 0 bridgehead atoms. The van der Waals surface area contributed by atoms with E-state index in [0.717, 1.165) is 10.6 Å². The molecule has 2 heterocycles. The number of rotatable bonds is 4. The molecule has 1 fully saturated rings. The number of carbonyl (C=O) groups excluding carboxylic acids is 3. The van der Waals surface area contributed by atoms with Crippen molar-refractivity contribution < 1.29 is 23.9 Å². The van der Waals surface area contributed by atoms with Gasteiger partial charge in [-0.05, 0) is 12.1 Å². The molecule has 1 saturated heterocycles. The van der Waals surface area contributed by atoms with Gasteiger partial charge >= 0.3 is 11.9 Å². The van der Waals surface area contributed by atoms with Crippen LogP contribution in [0.15, 0.2) is 29.2 Å². The lowest BCUT2D eigenvalue weighted by Crippen LogP contribution is -2.37. The molecule has 7 heteroatoms. The maximum Gasteiger partial charge on any atom is 0.347 e. The van der Waals surface area contributed by atoms with Crippen molar-refractivity contribution in [3.05, 3.63) is 24.3 Å². The highest BCUT2D eigenvalue weighted by atomic mass is 32.2. The van der Waals surface area contributed by atoms with Crippen LogP contribution in [0.5, 0.6) is 0 Å². The molecular formula is C15H15NO5S. The number of carbonyl (C=O) groups is 3. The maximum absolute atomic E-state index is 12.0. The summed E-state index contributed by atoms with van der Waals surface area (Å²) in [5, 5.41) is 0. The molecule has 1 aromatic rings. The SMILES string of the molecule is O=C(CCN1C(=O)CSc2ccccc21)O[C@@H]1CCOC1=O. The van der Waals surface area contributed by atoms with Crippen LogP contribution in [0.2, 0.25) is 0 Å². The van der Waals surface area contributed by atoms with Crippen LogP contribution in [-0.4, -0.2) is 42.9 Å². The Balaban J connectivity index is 1.60. The minimum Gasteiger partial charge on any atom is -0.463 e. The Bertz CT molecular complexity index is 618. The van der Waals surface area contributed by atoms with Gasteiger partial charge in [0.1, 0.15) is 0 Å². The smallest absolute Gasteiger partial charge is 0.347 e. The number of thioether (sulfide) groups is 1. The van der Waals surface area contributed by atoms with Gasteiger partial charge in [-0.15, -0.1) is 11.8 Å². The van der Waals surface area contributed by atoms with Crippen molar-refractivity contribution in [2.75, 3.05) is 23.8 Å². The molecular weight excluding hydrogens is 306 g/mol. The normalized spacial score (nSPS) is 20.5.